The van der Waals surface area contributed by atoms with Gasteiger partial charge in [0.05, 0.1) is 12.7 Å². The minimum absolute atomic E-state index is 0.0292. The van der Waals surface area contributed by atoms with Crippen LogP contribution < -0.4 is 0 Å². The molecule has 1 atom stereocenters. The lowest BCUT2D eigenvalue weighted by Gasteiger charge is -1.99. The molecule has 0 aromatic carbocycles. The first-order valence-electron chi connectivity index (χ1n) is 2.78. The first-order valence-corrected chi connectivity index (χ1v) is 2.78. The maximum atomic E-state index is 10.1. The van der Waals surface area contributed by atoms with Gasteiger partial charge in [0.2, 0.25) is 0 Å². The summed E-state index contributed by atoms with van der Waals surface area (Å²) in [6.07, 6.45) is 0.0126. The largest absolute Gasteiger partial charge is 0.478 e. The Kier molecular flexibility index (Phi) is 3.68. The zero-order valence-corrected chi connectivity index (χ0v) is 5.61. The smallest absolute Gasteiger partial charge is 0.331 e. The van der Waals surface area contributed by atoms with E-state index < -0.39 is 18.7 Å². The van der Waals surface area contributed by atoms with Gasteiger partial charge in [0.1, 0.15) is 0 Å². The normalized spacial score (nSPS) is 14.9. The molecule has 0 saturated heterocycles. The summed E-state index contributed by atoms with van der Waals surface area (Å²) in [7, 11) is 0. The molecule has 4 nitrogen and oxygen atoms in total. The molecule has 58 valence electrons. The molecule has 0 rings (SSSR count). The van der Waals surface area contributed by atoms with Crippen molar-refractivity contribution in [2.75, 3.05) is 6.61 Å². The Balaban J connectivity index is 4.02. The van der Waals surface area contributed by atoms with E-state index in [1.165, 1.54) is 6.92 Å². The standard InChI is InChI=1S/C6H10O4/c1-4(6(9)10)2-5(8)3-7/h2,5,7-8H,3H2,1H3,(H,9,10). The molecule has 0 spiro atoms. The van der Waals surface area contributed by atoms with Gasteiger partial charge in [0.25, 0.3) is 0 Å². The highest BCUT2D eigenvalue weighted by Gasteiger charge is 2.02. The van der Waals surface area contributed by atoms with E-state index in [1.54, 1.807) is 0 Å². The molecule has 0 amide bonds. The van der Waals surface area contributed by atoms with Gasteiger partial charge >= 0.3 is 5.97 Å². The quantitative estimate of drug-likeness (QED) is 0.463. The minimum atomic E-state index is -1.09. The molecular formula is C6H10O4. The third-order valence-corrected chi connectivity index (χ3v) is 0.967. The second kappa shape index (κ2) is 4.03. The van der Waals surface area contributed by atoms with Gasteiger partial charge in [0.15, 0.2) is 0 Å². The molecule has 4 heteroatoms. The summed E-state index contributed by atoms with van der Waals surface area (Å²) in [5.41, 5.74) is 0.0292. The number of aliphatic hydroxyl groups excluding tert-OH is 2. The van der Waals surface area contributed by atoms with Crippen LogP contribution in [0.4, 0.5) is 0 Å². The van der Waals surface area contributed by atoms with Crippen molar-refractivity contribution in [3.63, 3.8) is 0 Å². The number of carboxylic acid groups (broad SMARTS) is 1. The second-order valence-electron chi connectivity index (χ2n) is 1.90. The summed E-state index contributed by atoms with van der Waals surface area (Å²) < 4.78 is 0. The lowest BCUT2D eigenvalue weighted by atomic mass is 10.2. The molecule has 0 saturated carbocycles. The van der Waals surface area contributed by atoms with Crippen LogP contribution in [0.1, 0.15) is 6.92 Å². The van der Waals surface area contributed by atoms with Crippen molar-refractivity contribution in [3.8, 4) is 0 Å². The maximum absolute atomic E-state index is 10.1. The van der Waals surface area contributed by atoms with E-state index in [4.69, 9.17) is 15.3 Å². The van der Waals surface area contributed by atoms with Crippen molar-refractivity contribution in [1.29, 1.82) is 0 Å². The zero-order valence-electron chi connectivity index (χ0n) is 5.61. The Morgan fingerprint density at radius 3 is 2.50 bits per heavy atom. The summed E-state index contributed by atoms with van der Waals surface area (Å²) in [6, 6.07) is 0. The molecule has 0 bridgehead atoms. The van der Waals surface area contributed by atoms with Crippen molar-refractivity contribution >= 4 is 5.97 Å². The highest BCUT2D eigenvalue weighted by atomic mass is 16.4. The van der Waals surface area contributed by atoms with Gasteiger partial charge in [-0.1, -0.05) is 0 Å². The van der Waals surface area contributed by atoms with Crippen LogP contribution >= 0.6 is 0 Å². The summed E-state index contributed by atoms with van der Waals surface area (Å²) in [5.74, 6) is -1.09. The summed E-state index contributed by atoms with van der Waals surface area (Å²) in [5, 5.41) is 25.2. The fraction of sp³-hybridized carbons (Fsp3) is 0.500. The second-order valence-corrected chi connectivity index (χ2v) is 1.90. The Bertz CT molecular complexity index is 150. The zero-order chi connectivity index (χ0) is 8.15. The third kappa shape index (κ3) is 3.21. The van der Waals surface area contributed by atoms with Crippen LogP contribution in [0.25, 0.3) is 0 Å². The first-order chi connectivity index (χ1) is 4.57. The number of carbonyl (C=O) groups is 1. The van der Waals surface area contributed by atoms with E-state index in [0.717, 1.165) is 6.08 Å². The van der Waals surface area contributed by atoms with Gasteiger partial charge in [-0.3, -0.25) is 0 Å². The summed E-state index contributed by atoms with van der Waals surface area (Å²) in [6.45, 7) is 0.895. The third-order valence-electron chi connectivity index (χ3n) is 0.967. The first kappa shape index (κ1) is 9.13. The summed E-state index contributed by atoms with van der Waals surface area (Å²) >= 11 is 0. The lowest BCUT2D eigenvalue weighted by molar-refractivity contribution is -0.132. The predicted octanol–water partition coefficient (Wildman–Crippen LogP) is -0.629. The van der Waals surface area contributed by atoms with Crippen molar-refractivity contribution in [1.82, 2.24) is 0 Å². The topological polar surface area (TPSA) is 77.8 Å². The fourth-order valence-electron chi connectivity index (χ4n) is 0.413. The molecule has 1 unspecified atom stereocenters. The van der Waals surface area contributed by atoms with E-state index in [-0.39, 0.29) is 5.57 Å². The van der Waals surface area contributed by atoms with Crippen molar-refractivity contribution in [3.05, 3.63) is 11.6 Å². The summed E-state index contributed by atoms with van der Waals surface area (Å²) in [4.78, 5) is 10.1. The van der Waals surface area contributed by atoms with E-state index in [9.17, 15) is 4.79 Å². The van der Waals surface area contributed by atoms with Crippen LogP contribution in [0.3, 0.4) is 0 Å². The Morgan fingerprint density at radius 1 is 1.70 bits per heavy atom. The monoisotopic (exact) mass is 146 g/mol. The minimum Gasteiger partial charge on any atom is -0.478 e. The van der Waals surface area contributed by atoms with Crippen LogP contribution in [-0.2, 0) is 4.79 Å². The number of hydrogen-bond acceptors (Lipinski definition) is 3. The number of carboxylic acids is 1. The Labute approximate surface area is 58.4 Å². The molecule has 3 N–H and O–H groups in total. The fourth-order valence-corrected chi connectivity index (χ4v) is 0.413. The van der Waals surface area contributed by atoms with E-state index in [1.807, 2.05) is 0 Å². The molecular weight excluding hydrogens is 136 g/mol. The molecule has 0 aromatic heterocycles. The van der Waals surface area contributed by atoms with Crippen LogP contribution in [-0.4, -0.2) is 34.0 Å². The predicted molar refractivity (Wildman–Crippen MR) is 34.5 cm³/mol. The lowest BCUT2D eigenvalue weighted by Crippen LogP contribution is -2.10. The molecule has 0 aliphatic rings. The van der Waals surface area contributed by atoms with Gasteiger partial charge in [0, 0.05) is 5.57 Å². The molecule has 0 aliphatic carbocycles. The van der Waals surface area contributed by atoms with Gasteiger partial charge in [-0.15, -0.1) is 0 Å². The van der Waals surface area contributed by atoms with Crippen LogP contribution in [0.2, 0.25) is 0 Å². The molecule has 0 heterocycles. The maximum Gasteiger partial charge on any atom is 0.331 e. The SMILES string of the molecule is CC(=CC(O)CO)C(=O)O. The van der Waals surface area contributed by atoms with Crippen LogP contribution in [0, 0.1) is 0 Å². The van der Waals surface area contributed by atoms with Crippen molar-refractivity contribution < 1.29 is 20.1 Å². The van der Waals surface area contributed by atoms with Crippen molar-refractivity contribution in [2.24, 2.45) is 0 Å². The Morgan fingerprint density at radius 2 is 2.20 bits per heavy atom. The number of hydrogen-bond donors (Lipinski definition) is 3. The highest BCUT2D eigenvalue weighted by Crippen LogP contribution is 1.94. The number of aliphatic carboxylic acids is 1. The molecule has 0 fully saturated rings. The average Bonchev–Trinajstić information content (AvgIpc) is 1.87. The molecule has 0 aromatic rings. The highest BCUT2D eigenvalue weighted by molar-refractivity contribution is 5.85. The van der Waals surface area contributed by atoms with E-state index in [2.05, 4.69) is 0 Å². The molecule has 10 heavy (non-hydrogen) atoms. The van der Waals surface area contributed by atoms with Gasteiger partial charge in [-0.2, -0.15) is 0 Å². The van der Waals surface area contributed by atoms with E-state index >= 15 is 0 Å². The van der Waals surface area contributed by atoms with Gasteiger partial charge in [-0.05, 0) is 13.0 Å². The van der Waals surface area contributed by atoms with Crippen LogP contribution in [0.15, 0.2) is 11.6 Å². The van der Waals surface area contributed by atoms with Gasteiger partial charge in [-0.25, -0.2) is 4.79 Å². The average molecular weight is 146 g/mol. The van der Waals surface area contributed by atoms with Crippen LogP contribution in [0.5, 0.6) is 0 Å². The molecule has 0 aliphatic heterocycles. The number of rotatable bonds is 3. The van der Waals surface area contributed by atoms with E-state index in [0.29, 0.717) is 0 Å². The Hall–Kier alpha value is -0.870. The number of aliphatic hydroxyl groups is 2. The van der Waals surface area contributed by atoms with Gasteiger partial charge < -0.3 is 15.3 Å². The van der Waals surface area contributed by atoms with Crippen molar-refractivity contribution in [2.45, 2.75) is 13.0 Å². The molecule has 0 radical (unpaired) electrons.